The lowest BCUT2D eigenvalue weighted by atomic mass is 10.2. The number of aromatic nitrogens is 1. The minimum absolute atomic E-state index is 0.184. The quantitative estimate of drug-likeness (QED) is 0.508. The van der Waals surface area contributed by atoms with Crippen LogP contribution in [0.5, 0.6) is 0 Å². The topological polar surface area (TPSA) is 63.6 Å². The molecule has 0 unspecified atom stereocenters. The van der Waals surface area contributed by atoms with Gasteiger partial charge in [0.1, 0.15) is 11.5 Å². The maximum Gasteiger partial charge on any atom is 0.171 e. The highest BCUT2D eigenvalue weighted by atomic mass is 19.1. The fourth-order valence-electron chi connectivity index (χ4n) is 1.30. The van der Waals surface area contributed by atoms with Gasteiger partial charge in [-0.15, -0.1) is 5.10 Å². The number of halogens is 1. The number of amidine groups is 1. The predicted molar refractivity (Wildman–Crippen MR) is 69.0 cm³/mol. The van der Waals surface area contributed by atoms with E-state index >= 15 is 0 Å². The second-order valence-corrected chi connectivity index (χ2v) is 3.47. The fourth-order valence-corrected chi connectivity index (χ4v) is 1.30. The fraction of sp³-hybridized carbons (Fsp3) is 0. The highest BCUT2D eigenvalue weighted by Crippen LogP contribution is 2.03. The predicted octanol–water partition coefficient (Wildman–Crippen LogP) is 1.96. The monoisotopic (exact) mass is 242 g/mol. The maximum atomic E-state index is 13.3. The highest BCUT2D eigenvalue weighted by Gasteiger charge is 1.98. The van der Waals surface area contributed by atoms with Gasteiger partial charge in [0.05, 0.1) is 6.21 Å². The van der Waals surface area contributed by atoms with Crippen molar-refractivity contribution in [2.24, 2.45) is 15.9 Å². The summed E-state index contributed by atoms with van der Waals surface area (Å²) in [6, 6.07) is 11.6. The van der Waals surface area contributed by atoms with Crippen LogP contribution in [0.4, 0.5) is 4.39 Å². The first-order chi connectivity index (χ1) is 8.77. The van der Waals surface area contributed by atoms with E-state index in [0.29, 0.717) is 11.3 Å². The lowest BCUT2D eigenvalue weighted by Gasteiger charge is -1.96. The molecule has 2 N–H and O–H groups in total. The number of hydrogen-bond acceptors (Lipinski definition) is 3. The van der Waals surface area contributed by atoms with Gasteiger partial charge in [-0.25, -0.2) is 4.39 Å². The van der Waals surface area contributed by atoms with Gasteiger partial charge in [-0.3, -0.25) is 4.98 Å². The van der Waals surface area contributed by atoms with E-state index in [4.69, 9.17) is 5.73 Å². The van der Waals surface area contributed by atoms with Crippen molar-refractivity contribution in [3.05, 3.63) is 65.7 Å². The molecule has 0 saturated carbocycles. The molecule has 0 amide bonds. The third-order valence-electron chi connectivity index (χ3n) is 2.19. The van der Waals surface area contributed by atoms with Crippen LogP contribution in [0.25, 0.3) is 0 Å². The van der Waals surface area contributed by atoms with Gasteiger partial charge in [-0.05, 0) is 18.2 Å². The molecule has 18 heavy (non-hydrogen) atoms. The first-order valence-electron chi connectivity index (χ1n) is 5.30. The number of nitrogens with two attached hydrogens (primary N) is 1. The van der Waals surface area contributed by atoms with Crippen LogP contribution in [0.2, 0.25) is 0 Å². The number of rotatable bonds is 3. The SMILES string of the molecule is N/C(=N/N=C\c1ccccc1F)c1ccccn1. The summed E-state index contributed by atoms with van der Waals surface area (Å²) in [4.78, 5) is 4.02. The van der Waals surface area contributed by atoms with Gasteiger partial charge in [0.2, 0.25) is 0 Å². The van der Waals surface area contributed by atoms with E-state index in [-0.39, 0.29) is 11.7 Å². The summed E-state index contributed by atoms with van der Waals surface area (Å²) in [5.41, 5.74) is 6.56. The second kappa shape index (κ2) is 5.67. The largest absolute Gasteiger partial charge is 0.380 e. The smallest absolute Gasteiger partial charge is 0.171 e. The van der Waals surface area contributed by atoms with Crippen LogP contribution in [0.3, 0.4) is 0 Å². The molecule has 90 valence electrons. The molecular formula is C13H11FN4. The van der Waals surface area contributed by atoms with Gasteiger partial charge in [0.15, 0.2) is 5.84 Å². The standard InChI is InChI=1S/C13H11FN4/c14-11-6-2-1-5-10(11)9-17-18-13(15)12-7-3-4-8-16-12/h1-9H,(H2,15,18)/b17-9-. The third-order valence-corrected chi connectivity index (χ3v) is 2.19. The van der Waals surface area contributed by atoms with Crippen molar-refractivity contribution < 1.29 is 4.39 Å². The Bertz CT molecular complexity index is 579. The van der Waals surface area contributed by atoms with Crippen molar-refractivity contribution >= 4 is 12.1 Å². The minimum Gasteiger partial charge on any atom is -0.380 e. The van der Waals surface area contributed by atoms with E-state index in [2.05, 4.69) is 15.2 Å². The van der Waals surface area contributed by atoms with Crippen molar-refractivity contribution in [3.8, 4) is 0 Å². The Morgan fingerprint density at radius 2 is 1.94 bits per heavy atom. The van der Waals surface area contributed by atoms with Gasteiger partial charge in [-0.2, -0.15) is 5.10 Å². The van der Waals surface area contributed by atoms with E-state index in [1.165, 1.54) is 12.3 Å². The van der Waals surface area contributed by atoms with Crippen LogP contribution in [0.15, 0.2) is 58.9 Å². The zero-order valence-corrected chi connectivity index (χ0v) is 9.49. The van der Waals surface area contributed by atoms with Crippen molar-refractivity contribution in [3.63, 3.8) is 0 Å². The molecule has 0 aliphatic heterocycles. The molecule has 0 atom stereocenters. The molecule has 1 aromatic carbocycles. The van der Waals surface area contributed by atoms with E-state index in [1.54, 1.807) is 42.6 Å². The lowest BCUT2D eigenvalue weighted by Crippen LogP contribution is -2.14. The summed E-state index contributed by atoms with van der Waals surface area (Å²) >= 11 is 0. The molecule has 5 heteroatoms. The molecule has 0 aliphatic carbocycles. The molecular weight excluding hydrogens is 231 g/mol. The summed E-state index contributed by atoms with van der Waals surface area (Å²) in [6.07, 6.45) is 2.92. The molecule has 0 bridgehead atoms. The van der Waals surface area contributed by atoms with Crippen molar-refractivity contribution in [2.75, 3.05) is 0 Å². The van der Waals surface area contributed by atoms with Gasteiger partial charge in [0.25, 0.3) is 0 Å². The first kappa shape index (κ1) is 11.9. The number of nitrogens with zero attached hydrogens (tertiary/aromatic N) is 3. The Morgan fingerprint density at radius 3 is 2.67 bits per heavy atom. The second-order valence-electron chi connectivity index (χ2n) is 3.47. The van der Waals surface area contributed by atoms with Crippen LogP contribution in [0.1, 0.15) is 11.3 Å². The summed E-state index contributed by atoms with van der Waals surface area (Å²) in [5.74, 6) is -0.170. The average molecular weight is 242 g/mol. The molecule has 0 saturated heterocycles. The van der Waals surface area contributed by atoms with E-state index in [0.717, 1.165) is 0 Å². The molecule has 0 aliphatic rings. The van der Waals surface area contributed by atoms with Gasteiger partial charge in [-0.1, -0.05) is 24.3 Å². The average Bonchev–Trinajstić information content (AvgIpc) is 2.42. The Labute approximate surface area is 104 Å². The van der Waals surface area contributed by atoms with Gasteiger partial charge in [0, 0.05) is 11.8 Å². The summed E-state index contributed by atoms with van der Waals surface area (Å²) in [6.45, 7) is 0. The number of hydrogen-bond donors (Lipinski definition) is 1. The van der Waals surface area contributed by atoms with E-state index in [9.17, 15) is 4.39 Å². The molecule has 0 spiro atoms. The molecule has 1 heterocycles. The Hall–Kier alpha value is -2.56. The van der Waals surface area contributed by atoms with Crippen LogP contribution in [-0.2, 0) is 0 Å². The molecule has 0 fully saturated rings. The number of benzene rings is 1. The summed E-state index contributed by atoms with van der Waals surface area (Å²) < 4.78 is 13.3. The zero-order chi connectivity index (χ0) is 12.8. The lowest BCUT2D eigenvalue weighted by molar-refractivity contribution is 0.626. The summed E-state index contributed by atoms with van der Waals surface area (Å²) in [7, 11) is 0. The number of pyridine rings is 1. The van der Waals surface area contributed by atoms with E-state index < -0.39 is 0 Å². The molecule has 2 rings (SSSR count). The zero-order valence-electron chi connectivity index (χ0n) is 9.49. The first-order valence-corrected chi connectivity index (χ1v) is 5.30. The Balaban J connectivity index is 2.14. The van der Waals surface area contributed by atoms with Gasteiger partial charge < -0.3 is 5.73 Å². The van der Waals surface area contributed by atoms with Crippen LogP contribution >= 0.6 is 0 Å². The minimum atomic E-state index is -0.354. The molecule has 0 radical (unpaired) electrons. The van der Waals surface area contributed by atoms with Crippen molar-refractivity contribution in [1.82, 2.24) is 4.98 Å². The Morgan fingerprint density at radius 1 is 1.17 bits per heavy atom. The third kappa shape index (κ3) is 2.98. The van der Waals surface area contributed by atoms with Crippen LogP contribution in [0, 0.1) is 5.82 Å². The maximum absolute atomic E-state index is 13.3. The normalized spacial score (nSPS) is 11.9. The van der Waals surface area contributed by atoms with E-state index in [1.807, 2.05) is 0 Å². The van der Waals surface area contributed by atoms with Gasteiger partial charge >= 0.3 is 0 Å². The molecule has 1 aromatic heterocycles. The molecule has 4 nitrogen and oxygen atoms in total. The van der Waals surface area contributed by atoms with Crippen LogP contribution < -0.4 is 5.73 Å². The molecule has 2 aromatic rings. The van der Waals surface area contributed by atoms with Crippen molar-refractivity contribution in [1.29, 1.82) is 0 Å². The summed E-state index contributed by atoms with van der Waals surface area (Å²) in [5, 5.41) is 7.50. The Kier molecular flexibility index (Phi) is 3.76. The van der Waals surface area contributed by atoms with Crippen molar-refractivity contribution in [2.45, 2.75) is 0 Å². The van der Waals surface area contributed by atoms with Crippen LogP contribution in [-0.4, -0.2) is 17.0 Å². The highest BCUT2D eigenvalue weighted by molar-refractivity contribution is 5.95.